The van der Waals surface area contributed by atoms with E-state index in [0.717, 1.165) is 25.7 Å². The molecule has 12 nitrogen and oxygen atoms in total. The molecule has 1 saturated carbocycles. The molecule has 45 heavy (non-hydrogen) atoms. The Balaban J connectivity index is 0.000000707. The Hall–Kier alpha value is -4.47. The molecule has 4 rings (SSSR count). The van der Waals surface area contributed by atoms with Crippen molar-refractivity contribution in [2.75, 3.05) is 31.0 Å². The second-order valence-electron chi connectivity index (χ2n) is 9.63. The van der Waals surface area contributed by atoms with Crippen LogP contribution in [-0.2, 0) is 9.53 Å². The largest absolute Gasteiger partial charge is 0.491 e. The van der Waals surface area contributed by atoms with Crippen molar-refractivity contribution >= 4 is 40.9 Å². The second kappa shape index (κ2) is 16.6. The number of carbonyl (C=O) groups excluding carboxylic acids is 2. The maximum atomic E-state index is 13.4. The number of carbonyl (C=O) groups is 3. The maximum Gasteiger partial charge on any atom is 0.490 e. The van der Waals surface area contributed by atoms with Crippen molar-refractivity contribution in [2.45, 2.75) is 44.0 Å². The smallest absolute Gasteiger partial charge is 0.490 e. The lowest BCUT2D eigenvalue weighted by Crippen LogP contribution is -2.32. The summed E-state index contributed by atoms with van der Waals surface area (Å²) in [5, 5.41) is 13.0. The topological polar surface area (TPSA) is 175 Å². The molecule has 2 amide bonds. The first kappa shape index (κ1) is 35.0. The number of pyridine rings is 2. The van der Waals surface area contributed by atoms with Gasteiger partial charge in [-0.15, -0.1) is 0 Å². The summed E-state index contributed by atoms with van der Waals surface area (Å²) in [6.45, 7) is 0.784. The van der Waals surface area contributed by atoms with E-state index in [2.05, 4.69) is 20.6 Å². The highest BCUT2D eigenvalue weighted by Crippen LogP contribution is 2.30. The molecule has 2 aromatic heterocycles. The van der Waals surface area contributed by atoms with Crippen LogP contribution >= 0.6 is 11.6 Å². The fourth-order valence-corrected chi connectivity index (χ4v) is 4.12. The van der Waals surface area contributed by atoms with Crippen molar-refractivity contribution in [1.29, 1.82) is 0 Å². The first-order chi connectivity index (χ1) is 21.4. The quantitative estimate of drug-likeness (QED) is 0.219. The minimum absolute atomic E-state index is 0.0286. The van der Waals surface area contributed by atoms with Gasteiger partial charge in [-0.05, 0) is 62.1 Å². The van der Waals surface area contributed by atoms with E-state index in [-0.39, 0.29) is 23.5 Å². The molecule has 1 aliphatic carbocycles. The molecule has 0 unspecified atom stereocenters. The Morgan fingerprint density at radius 1 is 1.02 bits per heavy atom. The van der Waals surface area contributed by atoms with Gasteiger partial charge in [-0.1, -0.05) is 11.6 Å². The molecule has 0 radical (unpaired) electrons. The lowest BCUT2D eigenvalue weighted by atomic mass is 9.93. The van der Waals surface area contributed by atoms with Crippen LogP contribution < -0.4 is 25.8 Å². The maximum absolute atomic E-state index is 13.4. The predicted octanol–water partition coefficient (Wildman–Crippen LogP) is 4.94. The Kier molecular flexibility index (Phi) is 12.9. The van der Waals surface area contributed by atoms with E-state index in [1.54, 1.807) is 49.6 Å². The van der Waals surface area contributed by atoms with Crippen LogP contribution in [0.3, 0.4) is 0 Å². The SMILES string of the molecule is COCCOc1ccc(C(=O)Nc2cccnc2C(=O)Nc2ccc(Cl)cn2)c(O[C@H]2CC[C@@H](N)CC2)c1.O=C(O)C(F)(F)F. The Labute approximate surface area is 261 Å². The van der Waals surface area contributed by atoms with Crippen LogP contribution in [0.5, 0.6) is 11.5 Å². The van der Waals surface area contributed by atoms with Gasteiger partial charge in [0.2, 0.25) is 0 Å². The van der Waals surface area contributed by atoms with Crippen LogP contribution in [-0.4, -0.2) is 71.5 Å². The molecule has 242 valence electrons. The number of ether oxygens (including phenoxy) is 3. The highest BCUT2D eigenvalue weighted by molar-refractivity contribution is 6.30. The number of nitrogens with one attached hydrogen (secondary N) is 2. The van der Waals surface area contributed by atoms with Crippen LogP contribution in [0.15, 0.2) is 54.9 Å². The fourth-order valence-electron chi connectivity index (χ4n) is 4.01. The summed E-state index contributed by atoms with van der Waals surface area (Å²) >= 11 is 5.86. The predicted molar refractivity (Wildman–Crippen MR) is 158 cm³/mol. The molecule has 16 heteroatoms. The summed E-state index contributed by atoms with van der Waals surface area (Å²) in [4.78, 5) is 43.4. The number of nitrogens with two attached hydrogens (primary N) is 1. The molecule has 2 heterocycles. The van der Waals surface area contributed by atoms with Gasteiger partial charge >= 0.3 is 12.1 Å². The van der Waals surface area contributed by atoms with E-state index in [1.807, 2.05) is 0 Å². The molecule has 1 aromatic carbocycles. The van der Waals surface area contributed by atoms with Gasteiger partial charge in [-0.3, -0.25) is 9.59 Å². The van der Waals surface area contributed by atoms with Crippen molar-refractivity contribution in [1.82, 2.24) is 9.97 Å². The molecular weight excluding hydrogens is 623 g/mol. The fraction of sp³-hybridized carbons (Fsp3) is 0.345. The third kappa shape index (κ3) is 11.2. The van der Waals surface area contributed by atoms with E-state index in [1.165, 1.54) is 12.4 Å². The lowest BCUT2D eigenvalue weighted by Gasteiger charge is -2.27. The molecule has 5 N–H and O–H groups in total. The summed E-state index contributed by atoms with van der Waals surface area (Å²) < 4.78 is 48.8. The molecule has 0 saturated heterocycles. The highest BCUT2D eigenvalue weighted by atomic mass is 35.5. The van der Waals surface area contributed by atoms with Crippen molar-refractivity contribution in [2.24, 2.45) is 5.73 Å². The molecule has 1 aliphatic rings. The minimum Gasteiger partial charge on any atom is -0.491 e. The first-order valence-corrected chi connectivity index (χ1v) is 13.9. The number of hydrogen-bond donors (Lipinski definition) is 4. The van der Waals surface area contributed by atoms with E-state index >= 15 is 0 Å². The number of rotatable bonds is 10. The van der Waals surface area contributed by atoms with E-state index in [4.69, 9.17) is 41.4 Å². The summed E-state index contributed by atoms with van der Waals surface area (Å²) in [6, 6.07) is 11.6. The van der Waals surface area contributed by atoms with Crippen LogP contribution in [0, 0.1) is 0 Å². The number of aromatic nitrogens is 2. The second-order valence-corrected chi connectivity index (χ2v) is 10.1. The summed E-state index contributed by atoms with van der Waals surface area (Å²) in [5.41, 5.74) is 6.60. The zero-order valence-corrected chi connectivity index (χ0v) is 24.7. The van der Waals surface area contributed by atoms with E-state index in [9.17, 15) is 22.8 Å². The molecule has 0 spiro atoms. The average Bonchev–Trinajstić information content (AvgIpc) is 3.00. The summed E-state index contributed by atoms with van der Waals surface area (Å²) in [5.74, 6) is -2.51. The van der Waals surface area contributed by atoms with Gasteiger partial charge in [0.05, 0.1) is 29.0 Å². The van der Waals surface area contributed by atoms with E-state index in [0.29, 0.717) is 41.1 Å². The van der Waals surface area contributed by atoms with Crippen molar-refractivity contribution < 1.29 is 46.9 Å². The molecular formula is C29H31ClF3N5O7. The number of aliphatic carboxylic acids is 1. The standard InChI is InChI=1S/C27H30ClN5O5.C2HF3O2/c1-36-13-14-37-20-9-10-21(23(15-20)38-19-7-5-18(29)6-8-19)26(34)32-22-3-2-12-30-25(22)27(35)33-24-11-4-17(28)16-31-24;3-2(4,5)1(6)7/h2-4,9-12,15-16,18-19H,5-8,13-14,29H2,1H3,(H,32,34)(H,31,33,35);(H,6,7)/t18-,19+;. The zero-order chi connectivity index (χ0) is 33.0. The molecule has 3 aromatic rings. The van der Waals surface area contributed by atoms with Gasteiger partial charge in [-0.25, -0.2) is 14.8 Å². The number of benzene rings is 1. The molecule has 0 bridgehead atoms. The molecule has 0 atom stereocenters. The first-order valence-electron chi connectivity index (χ1n) is 13.5. The average molecular weight is 654 g/mol. The third-order valence-corrected chi connectivity index (χ3v) is 6.47. The normalized spacial score (nSPS) is 16.0. The van der Waals surface area contributed by atoms with Crippen molar-refractivity contribution in [3.05, 3.63) is 71.1 Å². The van der Waals surface area contributed by atoms with Gasteiger partial charge in [0.15, 0.2) is 5.69 Å². The van der Waals surface area contributed by atoms with Gasteiger partial charge in [-0.2, -0.15) is 13.2 Å². The number of methoxy groups -OCH3 is 1. The molecule has 1 fully saturated rings. The van der Waals surface area contributed by atoms with Crippen LogP contribution in [0.25, 0.3) is 0 Å². The van der Waals surface area contributed by atoms with Crippen molar-refractivity contribution in [3.63, 3.8) is 0 Å². The Morgan fingerprint density at radius 2 is 1.73 bits per heavy atom. The number of halogens is 4. The third-order valence-electron chi connectivity index (χ3n) is 6.25. The number of anilines is 2. The van der Waals surface area contributed by atoms with Gasteiger partial charge in [0, 0.05) is 31.6 Å². The number of carboxylic acids is 1. The van der Waals surface area contributed by atoms with E-state index < -0.39 is 24.0 Å². The Bertz CT molecular complexity index is 1450. The van der Waals surface area contributed by atoms with Crippen LogP contribution in [0.4, 0.5) is 24.7 Å². The van der Waals surface area contributed by atoms with Gasteiger partial charge in [0.1, 0.15) is 23.9 Å². The minimum atomic E-state index is -5.08. The Morgan fingerprint density at radius 3 is 2.36 bits per heavy atom. The van der Waals surface area contributed by atoms with Crippen LogP contribution in [0.2, 0.25) is 5.02 Å². The summed E-state index contributed by atoms with van der Waals surface area (Å²) in [7, 11) is 1.60. The highest BCUT2D eigenvalue weighted by Gasteiger charge is 2.38. The van der Waals surface area contributed by atoms with Crippen molar-refractivity contribution in [3.8, 4) is 11.5 Å². The van der Waals surface area contributed by atoms with Gasteiger partial charge < -0.3 is 35.7 Å². The number of nitrogens with zero attached hydrogens (tertiary/aromatic N) is 2. The monoisotopic (exact) mass is 653 g/mol. The number of hydrogen-bond acceptors (Lipinski definition) is 9. The molecule has 0 aliphatic heterocycles. The number of amides is 2. The number of carboxylic acid groups (broad SMARTS) is 1. The lowest BCUT2D eigenvalue weighted by molar-refractivity contribution is -0.192. The zero-order valence-electron chi connectivity index (χ0n) is 24.0. The van der Waals surface area contributed by atoms with Crippen LogP contribution in [0.1, 0.15) is 46.5 Å². The van der Waals surface area contributed by atoms with Gasteiger partial charge in [0.25, 0.3) is 11.8 Å². The number of alkyl halides is 3. The summed E-state index contributed by atoms with van der Waals surface area (Å²) in [6.07, 6.45) is 1.03.